The zero-order chi connectivity index (χ0) is 16.9. The molecule has 0 spiro atoms. The number of amides is 3. The van der Waals surface area contributed by atoms with Crippen molar-refractivity contribution in [3.05, 3.63) is 35.9 Å². The topological polar surface area (TPSA) is 71.1 Å². The van der Waals surface area contributed by atoms with Crippen LogP contribution in [0.15, 0.2) is 30.3 Å². The van der Waals surface area contributed by atoms with Crippen LogP contribution in [0.5, 0.6) is 0 Å². The molecule has 130 valence electrons. The first-order valence-electron chi connectivity index (χ1n) is 8.84. The molecule has 2 aliphatic rings. The molecule has 1 aromatic carbocycles. The third kappa shape index (κ3) is 4.06. The first-order chi connectivity index (χ1) is 11.6. The van der Waals surface area contributed by atoms with Crippen LogP contribution in [0.25, 0.3) is 0 Å². The van der Waals surface area contributed by atoms with Gasteiger partial charge in [0.25, 0.3) is 0 Å². The summed E-state index contributed by atoms with van der Waals surface area (Å²) < 4.78 is 0. The molecule has 24 heavy (non-hydrogen) atoms. The number of nitrogens with one attached hydrogen (secondary N) is 1. The number of nitrogens with two attached hydrogens (primary N) is 1. The van der Waals surface area contributed by atoms with Gasteiger partial charge in [0.1, 0.15) is 6.54 Å². The maximum absolute atomic E-state index is 12.7. The van der Waals surface area contributed by atoms with Gasteiger partial charge in [-0.1, -0.05) is 30.3 Å². The molecule has 3 N–H and O–H groups in total. The molecule has 2 fully saturated rings. The maximum Gasteiger partial charge on any atom is 0.314 e. The summed E-state index contributed by atoms with van der Waals surface area (Å²) in [7, 11) is 0. The van der Waals surface area contributed by atoms with Gasteiger partial charge in [0, 0.05) is 18.7 Å². The number of benzene rings is 1. The van der Waals surface area contributed by atoms with Crippen LogP contribution < -0.4 is 10.6 Å². The number of carbonyl (C=O) groups is 2. The Morgan fingerprint density at radius 2 is 1.79 bits per heavy atom. The monoisotopic (exact) mass is 331 g/mol. The highest BCUT2D eigenvalue weighted by Gasteiger charge is 2.32. The molecule has 0 bridgehead atoms. The first kappa shape index (κ1) is 16.8. The Bertz CT molecular complexity index is 570. The number of likely N-dealkylation sites (tertiary alicyclic amines) is 1. The largest absolute Gasteiger partial charge is 0.351 e. The van der Waals surface area contributed by atoms with E-state index in [1.807, 2.05) is 11.0 Å². The highest BCUT2D eigenvalue weighted by atomic mass is 16.2. The van der Waals surface area contributed by atoms with Crippen LogP contribution in [-0.4, -0.2) is 61.0 Å². The van der Waals surface area contributed by atoms with E-state index in [9.17, 15) is 9.59 Å². The van der Waals surface area contributed by atoms with Crippen LogP contribution in [-0.2, 0) is 11.3 Å². The summed E-state index contributed by atoms with van der Waals surface area (Å²) in [6, 6.07) is 10.1. The second-order valence-corrected chi connectivity index (χ2v) is 6.86. The molecule has 0 aliphatic carbocycles. The molecule has 2 saturated heterocycles. The highest BCUT2D eigenvalue weighted by molar-refractivity contribution is 5.80. The van der Waals surface area contributed by atoms with Crippen molar-refractivity contribution in [3.8, 4) is 0 Å². The SMILES string of the molecule is NC(=O)N1CCC[C@@H](C(=O)N2CC[NH+](Cc3ccccc3)CC2)C1. The Kier molecular flexibility index (Phi) is 5.35. The standard InChI is InChI=1S/C18H26N4O2/c19-18(24)22-8-4-7-16(14-22)17(23)21-11-9-20(10-12-21)13-15-5-2-1-3-6-15/h1-3,5-6,16H,4,7-14H2,(H2,19,24)/p+1/t16-/m1/s1. The number of carbonyl (C=O) groups excluding carboxylic acids is 2. The Morgan fingerprint density at radius 1 is 1.08 bits per heavy atom. The van der Waals surface area contributed by atoms with Gasteiger partial charge in [-0.05, 0) is 12.8 Å². The fraction of sp³-hybridized carbons (Fsp3) is 0.556. The molecule has 2 heterocycles. The van der Waals surface area contributed by atoms with Crippen LogP contribution in [0, 0.1) is 5.92 Å². The molecule has 1 atom stereocenters. The molecular formula is C18H27N4O2+. The Hall–Kier alpha value is -2.08. The average molecular weight is 331 g/mol. The summed E-state index contributed by atoms with van der Waals surface area (Å²) in [5, 5.41) is 0. The van der Waals surface area contributed by atoms with Crippen molar-refractivity contribution >= 4 is 11.9 Å². The average Bonchev–Trinajstić information content (AvgIpc) is 2.63. The van der Waals surface area contributed by atoms with Gasteiger partial charge >= 0.3 is 6.03 Å². The van der Waals surface area contributed by atoms with Crippen molar-refractivity contribution in [1.82, 2.24) is 9.80 Å². The van der Waals surface area contributed by atoms with E-state index in [4.69, 9.17) is 5.73 Å². The number of urea groups is 1. The van der Waals surface area contributed by atoms with Gasteiger partial charge in [0.15, 0.2) is 0 Å². The van der Waals surface area contributed by atoms with E-state index in [0.29, 0.717) is 13.1 Å². The van der Waals surface area contributed by atoms with Gasteiger partial charge in [0.2, 0.25) is 5.91 Å². The van der Waals surface area contributed by atoms with Crippen molar-refractivity contribution in [1.29, 1.82) is 0 Å². The van der Waals surface area contributed by atoms with Crippen LogP contribution in [0.4, 0.5) is 4.79 Å². The van der Waals surface area contributed by atoms with Gasteiger partial charge in [-0.3, -0.25) is 4.79 Å². The van der Waals surface area contributed by atoms with E-state index < -0.39 is 6.03 Å². The van der Waals surface area contributed by atoms with Crippen molar-refractivity contribution in [2.24, 2.45) is 11.7 Å². The van der Waals surface area contributed by atoms with Crippen molar-refractivity contribution in [3.63, 3.8) is 0 Å². The third-order valence-corrected chi connectivity index (χ3v) is 5.16. The zero-order valence-corrected chi connectivity index (χ0v) is 14.1. The lowest BCUT2D eigenvalue weighted by atomic mass is 9.96. The van der Waals surface area contributed by atoms with E-state index in [-0.39, 0.29) is 11.8 Å². The quantitative estimate of drug-likeness (QED) is 0.799. The lowest BCUT2D eigenvalue weighted by molar-refractivity contribution is -0.917. The highest BCUT2D eigenvalue weighted by Crippen LogP contribution is 2.18. The molecule has 3 rings (SSSR count). The summed E-state index contributed by atoms with van der Waals surface area (Å²) in [4.78, 5) is 29.2. The minimum Gasteiger partial charge on any atom is -0.351 e. The normalized spacial score (nSPS) is 22.4. The molecule has 2 aliphatic heterocycles. The number of piperazine rings is 1. The molecule has 0 saturated carbocycles. The Labute approximate surface area is 143 Å². The zero-order valence-electron chi connectivity index (χ0n) is 14.1. The van der Waals surface area contributed by atoms with Crippen molar-refractivity contribution in [2.45, 2.75) is 19.4 Å². The van der Waals surface area contributed by atoms with Gasteiger partial charge in [-0.25, -0.2) is 4.79 Å². The fourth-order valence-electron chi connectivity index (χ4n) is 3.74. The number of quaternary nitrogens is 1. The van der Waals surface area contributed by atoms with E-state index >= 15 is 0 Å². The third-order valence-electron chi connectivity index (χ3n) is 5.16. The van der Waals surface area contributed by atoms with Crippen LogP contribution >= 0.6 is 0 Å². The number of primary amides is 1. The van der Waals surface area contributed by atoms with Gasteiger partial charge in [-0.2, -0.15) is 0 Å². The minimum atomic E-state index is -0.412. The second-order valence-electron chi connectivity index (χ2n) is 6.86. The Morgan fingerprint density at radius 3 is 2.46 bits per heavy atom. The molecule has 1 aromatic rings. The predicted octanol–water partition coefficient (Wildman–Crippen LogP) is -0.296. The van der Waals surface area contributed by atoms with Crippen LogP contribution in [0.1, 0.15) is 18.4 Å². The summed E-state index contributed by atoms with van der Waals surface area (Å²) in [6.07, 6.45) is 1.72. The fourth-order valence-corrected chi connectivity index (χ4v) is 3.74. The molecule has 0 unspecified atom stereocenters. The van der Waals surface area contributed by atoms with Crippen LogP contribution in [0.3, 0.4) is 0 Å². The molecule has 3 amide bonds. The van der Waals surface area contributed by atoms with E-state index in [1.165, 1.54) is 10.5 Å². The number of hydrogen-bond donors (Lipinski definition) is 2. The summed E-state index contributed by atoms with van der Waals surface area (Å²) in [5.74, 6) is 0.113. The number of nitrogens with zero attached hydrogens (tertiary/aromatic N) is 2. The second kappa shape index (κ2) is 7.66. The lowest BCUT2D eigenvalue weighted by Crippen LogP contribution is -3.13. The van der Waals surface area contributed by atoms with Gasteiger partial charge < -0.3 is 20.4 Å². The maximum atomic E-state index is 12.7. The number of piperidine rings is 1. The van der Waals surface area contributed by atoms with E-state index in [1.54, 1.807) is 4.90 Å². The van der Waals surface area contributed by atoms with Crippen molar-refractivity contribution in [2.75, 3.05) is 39.3 Å². The summed E-state index contributed by atoms with van der Waals surface area (Å²) >= 11 is 0. The van der Waals surface area contributed by atoms with E-state index in [0.717, 1.165) is 45.6 Å². The molecular weight excluding hydrogens is 304 g/mol. The summed E-state index contributed by atoms with van der Waals surface area (Å²) in [5.41, 5.74) is 6.70. The molecule has 0 radical (unpaired) electrons. The van der Waals surface area contributed by atoms with Crippen molar-refractivity contribution < 1.29 is 14.5 Å². The summed E-state index contributed by atoms with van der Waals surface area (Å²) in [6.45, 7) is 5.73. The Balaban J connectivity index is 1.49. The number of rotatable bonds is 3. The lowest BCUT2D eigenvalue weighted by Gasteiger charge is -2.37. The van der Waals surface area contributed by atoms with Crippen LogP contribution in [0.2, 0.25) is 0 Å². The smallest absolute Gasteiger partial charge is 0.314 e. The van der Waals surface area contributed by atoms with E-state index in [2.05, 4.69) is 24.3 Å². The number of hydrogen-bond acceptors (Lipinski definition) is 2. The molecule has 6 nitrogen and oxygen atoms in total. The molecule has 6 heteroatoms. The van der Waals surface area contributed by atoms with Gasteiger partial charge in [-0.15, -0.1) is 0 Å². The first-order valence-corrected chi connectivity index (χ1v) is 8.84. The predicted molar refractivity (Wildman–Crippen MR) is 91.3 cm³/mol. The van der Waals surface area contributed by atoms with Gasteiger partial charge in [0.05, 0.1) is 32.1 Å². The minimum absolute atomic E-state index is 0.0816. The molecule has 0 aromatic heterocycles.